The molecule has 5 heteroatoms. The van der Waals surface area contributed by atoms with Crippen LogP contribution in [0.15, 0.2) is 0 Å². The van der Waals surface area contributed by atoms with E-state index < -0.39 is 18.2 Å². The van der Waals surface area contributed by atoms with Gasteiger partial charge in [-0.3, -0.25) is 0 Å². The molecule has 2 aliphatic rings. The predicted molar refractivity (Wildman–Crippen MR) is 62.5 cm³/mol. The van der Waals surface area contributed by atoms with Crippen LogP contribution in [0, 0.1) is 0 Å². The highest BCUT2D eigenvalue weighted by Gasteiger charge is 2.54. The molecule has 0 aliphatic carbocycles. The van der Waals surface area contributed by atoms with E-state index in [0.29, 0.717) is 6.54 Å². The fraction of sp³-hybridized carbons (Fsp3) is 1.00. The maximum absolute atomic E-state index is 10.1. The molecule has 2 rings (SSSR count). The van der Waals surface area contributed by atoms with Gasteiger partial charge in [-0.15, -0.1) is 0 Å². The molecule has 17 heavy (non-hydrogen) atoms. The standard InChI is InChI=1S/C12H23NO4/c1-11(2,3)13-6-7-8(14)9-10(15-7)17-12(4,5)16-9/h7-10,13-14H,6H2,1-5H3/t7-,8+,9-,10-/m1/s1. The van der Waals surface area contributed by atoms with Crippen molar-refractivity contribution in [3.63, 3.8) is 0 Å². The van der Waals surface area contributed by atoms with E-state index in [0.717, 1.165) is 0 Å². The molecule has 2 saturated heterocycles. The number of hydrogen-bond donors (Lipinski definition) is 2. The molecular formula is C12H23NO4. The molecule has 4 atom stereocenters. The lowest BCUT2D eigenvalue weighted by Gasteiger charge is -2.26. The zero-order valence-corrected chi connectivity index (χ0v) is 11.2. The van der Waals surface area contributed by atoms with Crippen LogP contribution in [-0.4, -0.2) is 47.6 Å². The fourth-order valence-electron chi connectivity index (χ4n) is 2.13. The van der Waals surface area contributed by atoms with Crippen molar-refractivity contribution in [2.75, 3.05) is 6.54 Å². The van der Waals surface area contributed by atoms with Gasteiger partial charge in [0.15, 0.2) is 12.1 Å². The summed E-state index contributed by atoms with van der Waals surface area (Å²) in [6.07, 6.45) is -1.75. The number of ether oxygens (including phenoxy) is 3. The van der Waals surface area contributed by atoms with E-state index in [1.807, 2.05) is 13.8 Å². The first-order valence-electron chi connectivity index (χ1n) is 6.12. The van der Waals surface area contributed by atoms with Crippen LogP contribution in [0.2, 0.25) is 0 Å². The van der Waals surface area contributed by atoms with Crippen molar-refractivity contribution >= 4 is 0 Å². The van der Waals surface area contributed by atoms with Crippen LogP contribution in [0.3, 0.4) is 0 Å². The number of hydrogen-bond acceptors (Lipinski definition) is 5. The van der Waals surface area contributed by atoms with Crippen LogP contribution < -0.4 is 5.32 Å². The van der Waals surface area contributed by atoms with Gasteiger partial charge in [0.2, 0.25) is 0 Å². The zero-order chi connectivity index (χ0) is 12.8. The van der Waals surface area contributed by atoms with Gasteiger partial charge in [0.05, 0.1) is 0 Å². The molecule has 0 unspecified atom stereocenters. The van der Waals surface area contributed by atoms with Crippen molar-refractivity contribution in [3.05, 3.63) is 0 Å². The van der Waals surface area contributed by atoms with E-state index in [1.165, 1.54) is 0 Å². The van der Waals surface area contributed by atoms with Crippen LogP contribution in [0.25, 0.3) is 0 Å². The van der Waals surface area contributed by atoms with Crippen LogP contribution in [0.4, 0.5) is 0 Å². The molecule has 100 valence electrons. The van der Waals surface area contributed by atoms with Crippen molar-refractivity contribution in [3.8, 4) is 0 Å². The molecule has 0 aromatic rings. The smallest absolute Gasteiger partial charge is 0.190 e. The molecule has 2 heterocycles. The van der Waals surface area contributed by atoms with Gasteiger partial charge in [-0.1, -0.05) is 0 Å². The lowest BCUT2D eigenvalue weighted by Crippen LogP contribution is -2.45. The van der Waals surface area contributed by atoms with E-state index >= 15 is 0 Å². The second kappa shape index (κ2) is 4.17. The highest BCUT2D eigenvalue weighted by Crippen LogP contribution is 2.37. The van der Waals surface area contributed by atoms with E-state index in [4.69, 9.17) is 14.2 Å². The third kappa shape index (κ3) is 2.98. The molecule has 5 nitrogen and oxygen atoms in total. The molecule has 0 amide bonds. The number of aliphatic hydroxyl groups excluding tert-OH is 1. The first-order valence-corrected chi connectivity index (χ1v) is 6.12. The Balaban J connectivity index is 1.90. The Bertz CT molecular complexity index is 287. The van der Waals surface area contributed by atoms with Gasteiger partial charge in [0.1, 0.15) is 18.3 Å². The van der Waals surface area contributed by atoms with Crippen LogP contribution >= 0.6 is 0 Å². The average molecular weight is 245 g/mol. The molecule has 0 saturated carbocycles. The second-order valence-corrected chi connectivity index (χ2v) is 6.26. The summed E-state index contributed by atoms with van der Waals surface area (Å²) in [6, 6.07) is 0. The molecule has 0 aromatic carbocycles. The first-order chi connectivity index (χ1) is 7.68. The Morgan fingerprint density at radius 2 is 1.88 bits per heavy atom. The molecule has 2 aliphatic heterocycles. The van der Waals surface area contributed by atoms with Crippen molar-refractivity contribution in [2.45, 2.75) is 70.5 Å². The summed E-state index contributed by atoms with van der Waals surface area (Å²) in [4.78, 5) is 0. The minimum Gasteiger partial charge on any atom is -0.387 e. The summed E-state index contributed by atoms with van der Waals surface area (Å²) in [5.41, 5.74) is 0.00175. The molecule has 0 aromatic heterocycles. The predicted octanol–water partition coefficient (Wildman–Crippen LogP) is 0.612. The van der Waals surface area contributed by atoms with Gasteiger partial charge in [-0.2, -0.15) is 0 Å². The summed E-state index contributed by atoms with van der Waals surface area (Å²) in [5.74, 6) is -0.668. The number of fused-ring (bicyclic) bond motifs is 1. The Labute approximate surface area is 102 Å². The molecule has 0 radical (unpaired) electrons. The SMILES string of the molecule is CC(C)(C)NC[C@H]1O[C@@H]2OC(C)(C)O[C@@H]2[C@H]1O. The highest BCUT2D eigenvalue weighted by atomic mass is 16.8. The highest BCUT2D eigenvalue weighted by molar-refractivity contribution is 4.94. The molecule has 2 fully saturated rings. The van der Waals surface area contributed by atoms with Gasteiger partial charge in [-0.25, -0.2) is 0 Å². The molecular weight excluding hydrogens is 222 g/mol. The maximum atomic E-state index is 10.1. The van der Waals surface area contributed by atoms with Crippen LogP contribution in [0.1, 0.15) is 34.6 Å². The quantitative estimate of drug-likeness (QED) is 0.746. The monoisotopic (exact) mass is 245 g/mol. The fourth-order valence-corrected chi connectivity index (χ4v) is 2.13. The Morgan fingerprint density at radius 1 is 1.24 bits per heavy atom. The zero-order valence-electron chi connectivity index (χ0n) is 11.2. The summed E-state index contributed by atoms with van der Waals surface area (Å²) < 4.78 is 16.9. The van der Waals surface area contributed by atoms with Crippen molar-refractivity contribution in [1.29, 1.82) is 0 Å². The lowest BCUT2D eigenvalue weighted by atomic mass is 10.1. The van der Waals surface area contributed by atoms with E-state index in [1.54, 1.807) is 0 Å². The van der Waals surface area contributed by atoms with Crippen molar-refractivity contribution in [1.82, 2.24) is 5.32 Å². The topological polar surface area (TPSA) is 60.0 Å². The first kappa shape index (κ1) is 13.2. The van der Waals surface area contributed by atoms with E-state index in [-0.39, 0.29) is 17.7 Å². The largest absolute Gasteiger partial charge is 0.387 e. The van der Waals surface area contributed by atoms with Gasteiger partial charge < -0.3 is 24.6 Å². The van der Waals surface area contributed by atoms with Gasteiger partial charge in [-0.05, 0) is 34.6 Å². The Hall–Kier alpha value is -0.200. The summed E-state index contributed by atoms with van der Waals surface area (Å²) >= 11 is 0. The van der Waals surface area contributed by atoms with Crippen LogP contribution in [-0.2, 0) is 14.2 Å². The minimum absolute atomic E-state index is 0.00175. The second-order valence-electron chi connectivity index (χ2n) is 6.26. The number of rotatable bonds is 2. The average Bonchev–Trinajstić information content (AvgIpc) is 2.57. The normalized spacial score (nSPS) is 40.6. The van der Waals surface area contributed by atoms with E-state index in [9.17, 15) is 5.11 Å². The number of nitrogens with one attached hydrogen (secondary N) is 1. The van der Waals surface area contributed by atoms with Crippen molar-refractivity contribution in [2.24, 2.45) is 0 Å². The molecule has 0 bridgehead atoms. The Morgan fingerprint density at radius 3 is 2.41 bits per heavy atom. The number of aliphatic hydroxyl groups is 1. The third-order valence-corrected chi connectivity index (χ3v) is 2.95. The van der Waals surface area contributed by atoms with Gasteiger partial charge >= 0.3 is 0 Å². The summed E-state index contributed by atoms with van der Waals surface area (Å²) in [7, 11) is 0. The van der Waals surface area contributed by atoms with Crippen LogP contribution in [0.5, 0.6) is 0 Å². The molecule has 2 N–H and O–H groups in total. The van der Waals surface area contributed by atoms with Gasteiger partial charge in [0.25, 0.3) is 0 Å². The minimum atomic E-state index is -0.668. The molecule has 0 spiro atoms. The third-order valence-electron chi connectivity index (χ3n) is 2.95. The summed E-state index contributed by atoms with van der Waals surface area (Å²) in [5, 5.41) is 13.4. The maximum Gasteiger partial charge on any atom is 0.190 e. The Kier molecular flexibility index (Phi) is 3.25. The lowest BCUT2D eigenvalue weighted by molar-refractivity contribution is -0.214. The van der Waals surface area contributed by atoms with Crippen molar-refractivity contribution < 1.29 is 19.3 Å². The van der Waals surface area contributed by atoms with E-state index in [2.05, 4.69) is 26.1 Å². The summed E-state index contributed by atoms with van der Waals surface area (Å²) in [6.45, 7) is 10.5. The van der Waals surface area contributed by atoms with Gasteiger partial charge in [0, 0.05) is 12.1 Å².